The van der Waals surface area contributed by atoms with Crippen LogP contribution in [0.5, 0.6) is 17.2 Å². The first-order valence-corrected chi connectivity index (χ1v) is 16.5. The summed E-state index contributed by atoms with van der Waals surface area (Å²) in [4.78, 5) is 28.9. The summed E-state index contributed by atoms with van der Waals surface area (Å²) in [6.07, 6.45) is 0. The largest absolute Gasteiger partial charge is 0.497 e. The topological polar surface area (TPSA) is 105 Å². The van der Waals surface area contributed by atoms with E-state index in [0.29, 0.717) is 23.8 Å². The lowest BCUT2D eigenvalue weighted by atomic mass is 10.1. The van der Waals surface area contributed by atoms with Crippen LogP contribution in [0.2, 0.25) is 0 Å². The smallest absolute Gasteiger partial charge is 0.264 e. The van der Waals surface area contributed by atoms with Crippen molar-refractivity contribution in [1.82, 2.24) is 10.2 Å². The molecule has 4 rings (SSSR count). The van der Waals surface area contributed by atoms with Crippen LogP contribution in [0, 0.1) is 12.8 Å². The number of hydrogen-bond donors (Lipinski definition) is 1. The van der Waals surface area contributed by atoms with Gasteiger partial charge in [-0.15, -0.1) is 0 Å². The number of rotatable bonds is 14. The van der Waals surface area contributed by atoms with Crippen molar-refractivity contribution in [2.45, 2.75) is 45.2 Å². The molecule has 9 nitrogen and oxygen atoms in total. The first-order chi connectivity index (χ1) is 22.0. The maximum absolute atomic E-state index is 14.2. The molecule has 242 valence electrons. The summed E-state index contributed by atoms with van der Waals surface area (Å²) in [6, 6.07) is 28.5. The summed E-state index contributed by atoms with van der Waals surface area (Å²) in [5.41, 5.74) is 1.90. The van der Waals surface area contributed by atoms with Crippen molar-refractivity contribution in [2.24, 2.45) is 5.92 Å². The lowest BCUT2D eigenvalue weighted by Crippen LogP contribution is -2.51. The second-order valence-corrected chi connectivity index (χ2v) is 13.3. The highest BCUT2D eigenvalue weighted by Crippen LogP contribution is 2.29. The maximum atomic E-state index is 14.2. The SMILES string of the molecule is COc1cccc(CN(C(=O)CN(c2ccc(Oc3ccccc3)cc2)S(=O)(=O)c2ccc(C)cc2)[C@@H](C)C(=O)NCC(C)C)c1. The van der Waals surface area contributed by atoms with Gasteiger partial charge in [-0.2, -0.15) is 0 Å². The van der Waals surface area contributed by atoms with Gasteiger partial charge < -0.3 is 19.7 Å². The lowest BCUT2D eigenvalue weighted by Gasteiger charge is -2.32. The highest BCUT2D eigenvalue weighted by atomic mass is 32.2. The zero-order valence-electron chi connectivity index (χ0n) is 26.8. The van der Waals surface area contributed by atoms with Crippen LogP contribution >= 0.6 is 0 Å². The van der Waals surface area contributed by atoms with Crippen molar-refractivity contribution in [3.63, 3.8) is 0 Å². The first kappa shape index (κ1) is 34.1. The van der Waals surface area contributed by atoms with Gasteiger partial charge in [0.25, 0.3) is 10.0 Å². The minimum absolute atomic E-state index is 0.0394. The van der Waals surface area contributed by atoms with Gasteiger partial charge in [0.1, 0.15) is 29.8 Å². The number of sulfonamides is 1. The molecule has 0 saturated heterocycles. The average molecular weight is 644 g/mol. The van der Waals surface area contributed by atoms with Crippen LogP contribution in [0.25, 0.3) is 0 Å². The highest BCUT2D eigenvalue weighted by Gasteiger charge is 2.32. The van der Waals surface area contributed by atoms with Gasteiger partial charge in [0.2, 0.25) is 11.8 Å². The molecule has 1 N–H and O–H groups in total. The zero-order valence-corrected chi connectivity index (χ0v) is 27.7. The molecule has 0 aliphatic heterocycles. The van der Waals surface area contributed by atoms with Crippen molar-refractivity contribution in [3.8, 4) is 17.2 Å². The lowest BCUT2D eigenvalue weighted by molar-refractivity contribution is -0.139. The first-order valence-electron chi connectivity index (χ1n) is 15.1. The number of anilines is 1. The van der Waals surface area contributed by atoms with Crippen molar-refractivity contribution in [2.75, 3.05) is 24.5 Å². The number of para-hydroxylation sites is 1. The van der Waals surface area contributed by atoms with Crippen molar-refractivity contribution in [3.05, 3.63) is 114 Å². The Morgan fingerprint density at radius 2 is 1.43 bits per heavy atom. The predicted octanol–water partition coefficient (Wildman–Crippen LogP) is 6.18. The van der Waals surface area contributed by atoms with Crippen LogP contribution in [-0.2, 0) is 26.2 Å². The zero-order chi connectivity index (χ0) is 33.3. The van der Waals surface area contributed by atoms with E-state index >= 15 is 0 Å². The van der Waals surface area contributed by atoms with Gasteiger partial charge in [-0.3, -0.25) is 13.9 Å². The van der Waals surface area contributed by atoms with E-state index in [1.54, 1.807) is 68.6 Å². The minimum atomic E-state index is -4.20. The van der Waals surface area contributed by atoms with E-state index in [-0.39, 0.29) is 29.0 Å². The maximum Gasteiger partial charge on any atom is 0.264 e. The number of carbonyl (C=O) groups is 2. The third-order valence-corrected chi connectivity index (χ3v) is 9.12. The summed E-state index contributed by atoms with van der Waals surface area (Å²) in [7, 11) is -2.65. The van der Waals surface area contributed by atoms with Gasteiger partial charge in [-0.25, -0.2) is 8.42 Å². The fraction of sp³-hybridized carbons (Fsp3) is 0.278. The van der Waals surface area contributed by atoms with Crippen LogP contribution < -0.4 is 19.1 Å². The number of hydrogen-bond acceptors (Lipinski definition) is 6. The normalized spacial score (nSPS) is 11.9. The number of aryl methyl sites for hydroxylation is 1. The molecule has 0 aromatic heterocycles. The molecule has 4 aromatic rings. The van der Waals surface area contributed by atoms with E-state index in [9.17, 15) is 18.0 Å². The average Bonchev–Trinajstić information content (AvgIpc) is 3.05. The standard InChI is InChI=1S/C36H41N3O6S/c1-26(2)23-37-36(41)28(4)38(24-29-10-9-13-33(22-29)44-5)35(40)25-39(46(42,43)34-20-14-27(3)15-21-34)30-16-18-32(19-17-30)45-31-11-7-6-8-12-31/h6-22,26,28H,23-25H2,1-5H3,(H,37,41)/t28-/m0/s1. The molecular weight excluding hydrogens is 602 g/mol. The van der Waals surface area contributed by atoms with E-state index in [0.717, 1.165) is 15.4 Å². The quantitative estimate of drug-likeness (QED) is 0.176. The Labute approximate surface area is 271 Å². The van der Waals surface area contributed by atoms with Crippen LogP contribution in [0.1, 0.15) is 31.9 Å². The Hall–Kier alpha value is -4.83. The molecule has 1 atom stereocenters. The van der Waals surface area contributed by atoms with Gasteiger partial charge in [-0.1, -0.05) is 61.9 Å². The molecule has 0 radical (unpaired) electrons. The number of nitrogens with zero attached hydrogens (tertiary/aromatic N) is 2. The Morgan fingerprint density at radius 3 is 2.07 bits per heavy atom. The molecule has 46 heavy (non-hydrogen) atoms. The third-order valence-electron chi connectivity index (χ3n) is 7.33. The fourth-order valence-electron chi connectivity index (χ4n) is 4.67. The molecule has 0 bridgehead atoms. The number of methoxy groups -OCH3 is 1. The predicted molar refractivity (Wildman–Crippen MR) is 180 cm³/mol. The van der Waals surface area contributed by atoms with Gasteiger partial charge in [0.05, 0.1) is 17.7 Å². The van der Waals surface area contributed by atoms with E-state index in [1.165, 1.54) is 17.0 Å². The molecule has 0 unspecified atom stereocenters. The molecule has 0 aliphatic rings. The molecule has 4 aromatic carbocycles. The summed E-state index contributed by atoms with van der Waals surface area (Å²) < 4.78 is 40.6. The van der Waals surface area contributed by atoms with Gasteiger partial charge in [0, 0.05) is 13.1 Å². The second-order valence-electron chi connectivity index (χ2n) is 11.4. The van der Waals surface area contributed by atoms with E-state index in [4.69, 9.17) is 9.47 Å². The van der Waals surface area contributed by atoms with Crippen LogP contribution in [0.15, 0.2) is 108 Å². The van der Waals surface area contributed by atoms with Crippen LogP contribution in [-0.4, -0.2) is 51.4 Å². The highest BCUT2D eigenvalue weighted by molar-refractivity contribution is 7.92. The van der Waals surface area contributed by atoms with Gasteiger partial charge >= 0.3 is 0 Å². The molecule has 10 heteroatoms. The molecule has 2 amide bonds. The molecule has 0 fully saturated rings. The van der Waals surface area contributed by atoms with Crippen LogP contribution in [0.3, 0.4) is 0 Å². The van der Waals surface area contributed by atoms with E-state index < -0.39 is 28.5 Å². The third kappa shape index (κ3) is 8.88. The van der Waals surface area contributed by atoms with Crippen molar-refractivity contribution >= 4 is 27.5 Å². The Kier molecular flexibility index (Phi) is 11.4. The number of nitrogens with one attached hydrogen (secondary N) is 1. The number of ether oxygens (including phenoxy) is 2. The van der Waals surface area contributed by atoms with Crippen LogP contribution in [0.4, 0.5) is 5.69 Å². The summed E-state index contributed by atoms with van der Waals surface area (Å²) in [5, 5.41) is 2.89. The van der Waals surface area contributed by atoms with Gasteiger partial charge in [-0.05, 0) is 86.0 Å². The second kappa shape index (κ2) is 15.4. The fourth-order valence-corrected chi connectivity index (χ4v) is 6.09. The molecule has 0 heterocycles. The number of carbonyl (C=O) groups excluding carboxylic acids is 2. The van der Waals surface area contributed by atoms with Crippen molar-refractivity contribution < 1.29 is 27.5 Å². The van der Waals surface area contributed by atoms with Gasteiger partial charge in [0.15, 0.2) is 0 Å². The molecule has 0 aliphatic carbocycles. The summed E-state index contributed by atoms with van der Waals surface area (Å²) in [5.74, 6) is 1.07. The Balaban J connectivity index is 1.70. The minimum Gasteiger partial charge on any atom is -0.497 e. The molecule has 0 spiro atoms. The van der Waals surface area contributed by atoms with E-state index in [2.05, 4.69) is 5.32 Å². The summed E-state index contributed by atoms with van der Waals surface area (Å²) >= 11 is 0. The summed E-state index contributed by atoms with van der Waals surface area (Å²) in [6.45, 7) is 7.43. The molecule has 0 saturated carbocycles. The monoisotopic (exact) mass is 643 g/mol. The molecular formula is C36H41N3O6S. The van der Waals surface area contributed by atoms with E-state index in [1.807, 2.05) is 57.2 Å². The number of benzene rings is 4. The Morgan fingerprint density at radius 1 is 0.804 bits per heavy atom. The van der Waals surface area contributed by atoms with Crippen molar-refractivity contribution in [1.29, 1.82) is 0 Å². The Bertz CT molecular complexity index is 1710. The number of amides is 2.